The van der Waals surface area contributed by atoms with Crippen LogP contribution in [0, 0.1) is 0 Å². The van der Waals surface area contributed by atoms with Crippen molar-refractivity contribution in [3.8, 4) is 0 Å². The molecule has 0 heterocycles. The molecule has 0 spiro atoms. The van der Waals surface area contributed by atoms with Crippen molar-refractivity contribution in [3.63, 3.8) is 0 Å². The first-order valence-corrected chi connectivity index (χ1v) is 16.8. The average Bonchev–Trinajstić information content (AvgIpc) is 1.54. The summed E-state index contributed by atoms with van der Waals surface area (Å²) in [5, 5.41) is 0. The summed E-state index contributed by atoms with van der Waals surface area (Å²) in [6.07, 6.45) is 0. The maximum atomic E-state index is 9.67. The number of rotatable bonds is 0. The van der Waals surface area contributed by atoms with Gasteiger partial charge < -0.3 is 0 Å². The van der Waals surface area contributed by atoms with E-state index in [-0.39, 0.29) is 17.1 Å². The standard InChI is InChI=1S/3C2H6AsO.Fe/c3*1-3(2)4;/h3*1-2H3;. The first kappa shape index (κ1) is 24.0. The van der Waals surface area contributed by atoms with E-state index in [1.807, 2.05) is 0 Å². The van der Waals surface area contributed by atoms with Gasteiger partial charge in [-0.05, 0) is 0 Å². The molecule has 13 heavy (non-hydrogen) atoms. The van der Waals surface area contributed by atoms with E-state index in [4.69, 9.17) is 0 Å². The van der Waals surface area contributed by atoms with Gasteiger partial charge in [-0.1, -0.05) is 0 Å². The minimum atomic E-state index is -1.44. The normalized spacial score (nSPS) is 6.00. The smallest absolute Gasteiger partial charge is 0 e. The molecule has 0 rings (SSSR count). The molecule has 0 aliphatic rings. The van der Waals surface area contributed by atoms with E-state index in [1.54, 1.807) is 34.3 Å². The van der Waals surface area contributed by atoms with E-state index in [2.05, 4.69) is 0 Å². The maximum Gasteiger partial charge on any atom is 0 e. The first-order chi connectivity index (χ1) is 5.20. The molecule has 0 saturated carbocycles. The molecule has 0 aromatic rings. The molecule has 0 aromatic heterocycles. The fraction of sp³-hybridized carbons (Fsp3) is 1.00. The van der Waals surface area contributed by atoms with Gasteiger partial charge in [-0.15, -0.1) is 0 Å². The Balaban J connectivity index is -0.0000000450. The van der Waals surface area contributed by atoms with E-state index in [1.165, 1.54) is 0 Å². The van der Waals surface area contributed by atoms with Crippen molar-refractivity contribution in [1.29, 1.82) is 0 Å². The number of hydrogen-bond donors (Lipinski definition) is 0. The monoisotopic (exact) mass is 419 g/mol. The SMILES string of the molecule is C[As](C)=O.C[As](C)=O.C[As](C)=O.[Fe]. The third-order valence-corrected chi connectivity index (χ3v) is 0. The van der Waals surface area contributed by atoms with E-state index >= 15 is 0 Å². The van der Waals surface area contributed by atoms with Crippen LogP contribution in [-0.4, -0.2) is 43.8 Å². The van der Waals surface area contributed by atoms with Crippen molar-refractivity contribution in [1.82, 2.24) is 0 Å². The predicted molar refractivity (Wildman–Crippen MR) is 54.5 cm³/mol. The van der Waals surface area contributed by atoms with Gasteiger partial charge >= 0.3 is 89.3 Å². The van der Waals surface area contributed by atoms with Gasteiger partial charge in [0, 0.05) is 17.1 Å². The summed E-state index contributed by atoms with van der Waals surface area (Å²) in [6.45, 7) is 0. The Morgan fingerprint density at radius 3 is 0.538 bits per heavy atom. The van der Waals surface area contributed by atoms with Crippen LogP contribution in [0.4, 0.5) is 0 Å². The van der Waals surface area contributed by atoms with Crippen LogP contribution in [-0.2, 0) is 28.3 Å². The van der Waals surface area contributed by atoms with Crippen molar-refractivity contribution in [2.45, 2.75) is 34.3 Å². The van der Waals surface area contributed by atoms with Crippen LogP contribution in [0.5, 0.6) is 0 Å². The quantitative estimate of drug-likeness (QED) is 0.565. The molecule has 3 radical (unpaired) electrons. The van der Waals surface area contributed by atoms with Crippen LogP contribution in [0.3, 0.4) is 0 Å². The van der Waals surface area contributed by atoms with Crippen molar-refractivity contribution >= 4 is 43.8 Å². The Hall–Kier alpha value is 1.59. The van der Waals surface area contributed by atoms with Gasteiger partial charge in [0.15, 0.2) is 0 Å². The molecular weight excluding hydrogens is 401 g/mol. The third kappa shape index (κ3) is 719. The van der Waals surface area contributed by atoms with Gasteiger partial charge in [0.25, 0.3) is 0 Å². The minimum absolute atomic E-state index is 0. The maximum absolute atomic E-state index is 9.67. The molecule has 0 amide bonds. The molecule has 0 aliphatic carbocycles. The van der Waals surface area contributed by atoms with Crippen molar-refractivity contribution in [2.24, 2.45) is 0 Å². The van der Waals surface area contributed by atoms with E-state index in [0.717, 1.165) is 0 Å². The third-order valence-electron chi connectivity index (χ3n) is 0. The number of hydrogen-bond acceptors (Lipinski definition) is 3. The molecule has 0 saturated heterocycles. The summed E-state index contributed by atoms with van der Waals surface area (Å²) in [4.78, 5) is 0. The van der Waals surface area contributed by atoms with Crippen molar-refractivity contribution in [3.05, 3.63) is 0 Å². The zero-order chi connectivity index (χ0) is 10.7. The molecular formula is C6H18As3FeO3. The van der Waals surface area contributed by atoms with Crippen molar-refractivity contribution in [2.75, 3.05) is 0 Å². The van der Waals surface area contributed by atoms with Gasteiger partial charge in [-0.2, -0.15) is 0 Å². The Morgan fingerprint density at radius 2 is 0.538 bits per heavy atom. The van der Waals surface area contributed by atoms with E-state index in [0.29, 0.717) is 0 Å². The topological polar surface area (TPSA) is 51.2 Å². The van der Waals surface area contributed by atoms with Gasteiger partial charge in [0.05, 0.1) is 0 Å². The summed E-state index contributed by atoms with van der Waals surface area (Å²) >= 11 is -4.31. The largest absolute Gasteiger partial charge is 0 e. The van der Waals surface area contributed by atoms with Crippen LogP contribution >= 0.6 is 0 Å². The van der Waals surface area contributed by atoms with Crippen LogP contribution in [0.2, 0.25) is 34.3 Å². The molecule has 0 bridgehead atoms. The second-order valence-corrected chi connectivity index (χ2v) is 12.7. The molecule has 0 aromatic carbocycles. The second-order valence-electron chi connectivity index (χ2n) is 2.44. The molecule has 3 nitrogen and oxygen atoms in total. The van der Waals surface area contributed by atoms with Gasteiger partial charge in [0.2, 0.25) is 0 Å². The summed E-state index contributed by atoms with van der Waals surface area (Å²) in [6, 6.07) is 0. The summed E-state index contributed by atoms with van der Waals surface area (Å²) < 4.78 is 29.0. The fourth-order valence-corrected chi connectivity index (χ4v) is 0. The second kappa shape index (κ2) is 19.2. The average molecular weight is 419 g/mol. The molecule has 0 aliphatic heterocycles. The Kier molecular flexibility index (Phi) is 35.5. The Bertz CT molecular complexity index is 121. The van der Waals surface area contributed by atoms with Crippen LogP contribution in [0.25, 0.3) is 0 Å². The summed E-state index contributed by atoms with van der Waals surface area (Å²) in [5.41, 5.74) is 10.5. The van der Waals surface area contributed by atoms with Crippen LogP contribution < -0.4 is 0 Å². The van der Waals surface area contributed by atoms with E-state index < -0.39 is 43.8 Å². The summed E-state index contributed by atoms with van der Waals surface area (Å²) in [7, 11) is 0. The van der Waals surface area contributed by atoms with Crippen LogP contribution in [0.15, 0.2) is 0 Å². The molecule has 7 heteroatoms. The van der Waals surface area contributed by atoms with Crippen LogP contribution in [0.1, 0.15) is 0 Å². The zero-order valence-electron chi connectivity index (χ0n) is 8.92. The molecule has 0 N–H and O–H groups in total. The summed E-state index contributed by atoms with van der Waals surface area (Å²) in [5.74, 6) is 0. The molecule has 0 atom stereocenters. The van der Waals surface area contributed by atoms with Crippen molar-refractivity contribution < 1.29 is 28.3 Å². The van der Waals surface area contributed by atoms with Gasteiger partial charge in [-0.3, -0.25) is 0 Å². The Labute approximate surface area is 105 Å². The molecule has 0 fully saturated rings. The zero-order valence-corrected chi connectivity index (χ0v) is 15.7. The predicted octanol–water partition coefficient (Wildman–Crippen LogP) is 2.00. The first-order valence-electron chi connectivity index (χ1n) is 3.23. The minimum Gasteiger partial charge on any atom is 0 e. The fourth-order valence-electron chi connectivity index (χ4n) is 0. The molecule has 83 valence electrons. The van der Waals surface area contributed by atoms with E-state index in [9.17, 15) is 11.2 Å². The van der Waals surface area contributed by atoms with Gasteiger partial charge in [0.1, 0.15) is 0 Å². The van der Waals surface area contributed by atoms with Gasteiger partial charge in [-0.25, -0.2) is 0 Å². The Morgan fingerprint density at radius 1 is 0.538 bits per heavy atom. The molecule has 0 unspecified atom stereocenters.